The molecule has 0 aliphatic heterocycles. The molecule has 0 unspecified atom stereocenters. The Labute approximate surface area is 110 Å². The maximum Gasteiger partial charge on any atom is 0.0470 e. The zero-order valence-electron chi connectivity index (χ0n) is 11.7. The van der Waals surface area contributed by atoms with Crippen LogP contribution < -0.4 is 4.90 Å². The van der Waals surface area contributed by atoms with Crippen LogP contribution in [0.1, 0.15) is 23.6 Å². The fourth-order valence-electron chi connectivity index (χ4n) is 2.68. The molecule has 0 aliphatic rings. The van der Waals surface area contributed by atoms with Crippen molar-refractivity contribution in [2.75, 3.05) is 11.4 Å². The molecule has 0 saturated carbocycles. The average Bonchev–Trinajstić information content (AvgIpc) is 2.34. The van der Waals surface area contributed by atoms with Gasteiger partial charge in [0.15, 0.2) is 0 Å². The Bertz CT molecular complexity index is 506. The molecule has 94 valence electrons. The Morgan fingerprint density at radius 1 is 0.889 bits per heavy atom. The third-order valence-corrected chi connectivity index (χ3v) is 3.29. The number of benzene rings is 2. The topological polar surface area (TPSA) is 3.24 Å². The second-order valence-electron chi connectivity index (χ2n) is 4.83. The van der Waals surface area contributed by atoms with Gasteiger partial charge in [0.2, 0.25) is 0 Å². The zero-order valence-corrected chi connectivity index (χ0v) is 11.7. The molecule has 0 bridgehead atoms. The number of rotatable bonds is 3. The smallest absolute Gasteiger partial charge is 0.0470 e. The predicted molar refractivity (Wildman–Crippen MR) is 79.8 cm³/mol. The quantitative estimate of drug-likeness (QED) is 0.745. The second-order valence-corrected chi connectivity index (χ2v) is 4.83. The minimum absolute atomic E-state index is 0.981. The lowest BCUT2D eigenvalue weighted by Gasteiger charge is -2.27. The fourth-order valence-corrected chi connectivity index (χ4v) is 2.68. The highest BCUT2D eigenvalue weighted by molar-refractivity contribution is 5.69. The fraction of sp³-hybridized carbons (Fsp3) is 0.294. The molecule has 1 heteroatoms. The molecule has 0 fully saturated rings. The first-order valence-electron chi connectivity index (χ1n) is 6.54. The van der Waals surface area contributed by atoms with Crippen LogP contribution in [-0.4, -0.2) is 6.54 Å². The summed E-state index contributed by atoms with van der Waals surface area (Å²) in [4.78, 5) is 2.38. The van der Waals surface area contributed by atoms with Crippen molar-refractivity contribution >= 4 is 11.4 Å². The number of hydrogen-bond donors (Lipinski definition) is 0. The maximum absolute atomic E-state index is 2.38. The largest absolute Gasteiger partial charge is 0.341 e. The van der Waals surface area contributed by atoms with E-state index in [9.17, 15) is 0 Å². The summed E-state index contributed by atoms with van der Waals surface area (Å²) >= 11 is 0. The Balaban J connectivity index is 2.52. The van der Waals surface area contributed by atoms with Gasteiger partial charge in [-0.15, -0.1) is 0 Å². The van der Waals surface area contributed by atoms with Crippen LogP contribution in [0.5, 0.6) is 0 Å². The van der Waals surface area contributed by atoms with Gasteiger partial charge >= 0.3 is 0 Å². The number of hydrogen-bond acceptors (Lipinski definition) is 1. The van der Waals surface area contributed by atoms with Crippen molar-refractivity contribution in [3.63, 3.8) is 0 Å². The number of para-hydroxylation sites is 1. The molecule has 0 aliphatic carbocycles. The van der Waals surface area contributed by atoms with Gasteiger partial charge in [-0.3, -0.25) is 0 Å². The predicted octanol–water partition coefficient (Wildman–Crippen LogP) is 4.77. The molecule has 0 spiro atoms. The first kappa shape index (κ1) is 12.7. The van der Waals surface area contributed by atoms with Gasteiger partial charge in [0.1, 0.15) is 0 Å². The molecule has 0 N–H and O–H groups in total. The lowest BCUT2D eigenvalue weighted by molar-refractivity contribution is 1.00. The van der Waals surface area contributed by atoms with E-state index in [0.29, 0.717) is 0 Å². The van der Waals surface area contributed by atoms with E-state index in [1.165, 1.54) is 28.1 Å². The Hall–Kier alpha value is -1.76. The summed E-state index contributed by atoms with van der Waals surface area (Å²) in [5.74, 6) is 0. The molecule has 2 aromatic rings. The normalized spacial score (nSPS) is 10.4. The second kappa shape index (κ2) is 5.26. The molecule has 18 heavy (non-hydrogen) atoms. The van der Waals surface area contributed by atoms with Crippen molar-refractivity contribution < 1.29 is 0 Å². The third-order valence-electron chi connectivity index (χ3n) is 3.29. The van der Waals surface area contributed by atoms with Crippen LogP contribution in [-0.2, 0) is 0 Å². The summed E-state index contributed by atoms with van der Waals surface area (Å²) in [5, 5.41) is 0. The van der Waals surface area contributed by atoms with Crippen molar-refractivity contribution in [1.29, 1.82) is 0 Å². The lowest BCUT2D eigenvalue weighted by Crippen LogP contribution is -2.18. The highest BCUT2D eigenvalue weighted by atomic mass is 15.1. The van der Waals surface area contributed by atoms with E-state index < -0.39 is 0 Å². The van der Waals surface area contributed by atoms with Crippen LogP contribution in [0.15, 0.2) is 42.5 Å². The Morgan fingerprint density at radius 3 is 1.94 bits per heavy atom. The van der Waals surface area contributed by atoms with Crippen molar-refractivity contribution in [2.24, 2.45) is 0 Å². The number of aryl methyl sites for hydroxylation is 3. The van der Waals surface area contributed by atoms with Crippen molar-refractivity contribution in [1.82, 2.24) is 0 Å². The summed E-state index contributed by atoms with van der Waals surface area (Å²) in [6.45, 7) is 9.73. The van der Waals surface area contributed by atoms with Crippen molar-refractivity contribution in [2.45, 2.75) is 27.7 Å². The molecule has 2 aromatic carbocycles. The van der Waals surface area contributed by atoms with Crippen LogP contribution in [0.25, 0.3) is 0 Å². The first-order chi connectivity index (χ1) is 8.63. The van der Waals surface area contributed by atoms with E-state index in [2.05, 4.69) is 75.1 Å². The van der Waals surface area contributed by atoms with Crippen LogP contribution in [0.4, 0.5) is 11.4 Å². The summed E-state index contributed by atoms with van der Waals surface area (Å²) in [7, 11) is 0. The van der Waals surface area contributed by atoms with Gasteiger partial charge < -0.3 is 4.90 Å². The van der Waals surface area contributed by atoms with Gasteiger partial charge in [0, 0.05) is 17.9 Å². The van der Waals surface area contributed by atoms with Crippen LogP contribution in [0.3, 0.4) is 0 Å². The van der Waals surface area contributed by atoms with Gasteiger partial charge in [0.05, 0.1) is 0 Å². The minimum Gasteiger partial charge on any atom is -0.341 e. The van der Waals surface area contributed by atoms with Gasteiger partial charge in [-0.25, -0.2) is 0 Å². The van der Waals surface area contributed by atoms with Crippen molar-refractivity contribution in [3.05, 3.63) is 59.2 Å². The van der Waals surface area contributed by atoms with E-state index in [1.54, 1.807) is 0 Å². The molecule has 0 saturated heterocycles. The first-order valence-corrected chi connectivity index (χ1v) is 6.54. The molecule has 0 amide bonds. The molecule has 0 aromatic heterocycles. The average molecular weight is 239 g/mol. The highest BCUT2D eigenvalue weighted by Gasteiger charge is 2.12. The van der Waals surface area contributed by atoms with Gasteiger partial charge in [-0.05, 0) is 51.0 Å². The van der Waals surface area contributed by atoms with E-state index in [0.717, 1.165) is 6.54 Å². The van der Waals surface area contributed by atoms with Gasteiger partial charge in [0.25, 0.3) is 0 Å². The maximum atomic E-state index is 2.38. The summed E-state index contributed by atoms with van der Waals surface area (Å²) in [5.41, 5.74) is 6.62. The van der Waals surface area contributed by atoms with E-state index >= 15 is 0 Å². The van der Waals surface area contributed by atoms with E-state index in [1.807, 2.05) is 0 Å². The van der Waals surface area contributed by atoms with E-state index in [-0.39, 0.29) is 0 Å². The standard InChI is InChI=1S/C17H21N/c1-5-18(16-9-7-6-8-10-16)17-14(3)11-13(2)12-15(17)4/h6-12H,5H2,1-4H3. The van der Waals surface area contributed by atoms with Crippen LogP contribution >= 0.6 is 0 Å². The summed E-state index contributed by atoms with van der Waals surface area (Å²) in [6.07, 6.45) is 0. The molecule has 0 radical (unpaired) electrons. The van der Waals surface area contributed by atoms with E-state index in [4.69, 9.17) is 0 Å². The zero-order chi connectivity index (χ0) is 13.1. The van der Waals surface area contributed by atoms with Crippen LogP contribution in [0.2, 0.25) is 0 Å². The van der Waals surface area contributed by atoms with Crippen molar-refractivity contribution in [3.8, 4) is 0 Å². The highest BCUT2D eigenvalue weighted by Crippen LogP contribution is 2.31. The summed E-state index contributed by atoms with van der Waals surface area (Å²) in [6, 6.07) is 15.1. The molecule has 0 atom stereocenters. The Kier molecular flexibility index (Phi) is 3.71. The van der Waals surface area contributed by atoms with Crippen LogP contribution in [0, 0.1) is 20.8 Å². The molecular weight excluding hydrogens is 218 g/mol. The number of nitrogens with zero attached hydrogens (tertiary/aromatic N) is 1. The molecule has 0 heterocycles. The molecule has 2 rings (SSSR count). The van der Waals surface area contributed by atoms with Gasteiger partial charge in [-0.2, -0.15) is 0 Å². The third kappa shape index (κ3) is 2.40. The molecular formula is C17H21N. The lowest BCUT2D eigenvalue weighted by atomic mass is 10.0. The number of anilines is 2. The molecule has 1 nitrogen and oxygen atoms in total. The Morgan fingerprint density at radius 2 is 1.44 bits per heavy atom. The SMILES string of the molecule is CCN(c1ccccc1)c1c(C)cc(C)cc1C. The van der Waals surface area contributed by atoms with Gasteiger partial charge in [-0.1, -0.05) is 35.9 Å². The monoisotopic (exact) mass is 239 g/mol. The summed E-state index contributed by atoms with van der Waals surface area (Å²) < 4.78 is 0. The minimum atomic E-state index is 0.981.